The van der Waals surface area contributed by atoms with Crippen molar-refractivity contribution >= 4 is 28.2 Å². The lowest BCUT2D eigenvalue weighted by Crippen LogP contribution is -2.17. The van der Waals surface area contributed by atoms with E-state index in [9.17, 15) is 9.59 Å². The van der Waals surface area contributed by atoms with E-state index in [2.05, 4.69) is 9.97 Å². The van der Waals surface area contributed by atoms with Gasteiger partial charge in [0.25, 0.3) is 5.56 Å². The van der Waals surface area contributed by atoms with Gasteiger partial charge in [0.2, 0.25) is 0 Å². The molecule has 5 nitrogen and oxygen atoms in total. The fraction of sp³-hybridized carbons (Fsp3) is 0.381. The molecule has 1 aromatic carbocycles. The van der Waals surface area contributed by atoms with Gasteiger partial charge in [-0.1, -0.05) is 25.0 Å². The van der Waals surface area contributed by atoms with E-state index in [0.29, 0.717) is 21.6 Å². The Labute approximate surface area is 161 Å². The second-order valence-electron chi connectivity index (χ2n) is 6.99. The molecule has 0 amide bonds. The van der Waals surface area contributed by atoms with Gasteiger partial charge in [-0.15, -0.1) is 11.3 Å². The molecule has 1 N–H and O–H groups in total. The first-order chi connectivity index (χ1) is 13.1. The van der Waals surface area contributed by atoms with Gasteiger partial charge < -0.3 is 9.72 Å². The van der Waals surface area contributed by atoms with Crippen molar-refractivity contribution in [1.29, 1.82) is 0 Å². The van der Waals surface area contributed by atoms with Crippen molar-refractivity contribution in [1.82, 2.24) is 9.97 Å². The molecule has 1 aliphatic carbocycles. The van der Waals surface area contributed by atoms with Crippen molar-refractivity contribution in [3.63, 3.8) is 0 Å². The minimum absolute atomic E-state index is 0.224. The summed E-state index contributed by atoms with van der Waals surface area (Å²) in [6.07, 6.45) is 6.33. The van der Waals surface area contributed by atoms with Crippen LogP contribution in [0.3, 0.4) is 0 Å². The van der Waals surface area contributed by atoms with Gasteiger partial charge in [0.15, 0.2) is 11.9 Å². The van der Waals surface area contributed by atoms with Crippen LogP contribution in [0.1, 0.15) is 64.6 Å². The van der Waals surface area contributed by atoms with Crippen LogP contribution in [0.2, 0.25) is 0 Å². The molecule has 0 radical (unpaired) electrons. The Balaban J connectivity index is 1.54. The van der Waals surface area contributed by atoms with Crippen LogP contribution in [0.5, 0.6) is 0 Å². The van der Waals surface area contributed by atoms with Gasteiger partial charge in [-0.2, -0.15) is 0 Å². The summed E-state index contributed by atoms with van der Waals surface area (Å²) in [7, 11) is 0. The molecule has 3 aromatic rings. The molecule has 0 unspecified atom stereocenters. The van der Waals surface area contributed by atoms with Crippen LogP contribution in [0, 0.1) is 0 Å². The highest BCUT2D eigenvalue weighted by Gasteiger charge is 2.21. The second-order valence-corrected chi connectivity index (χ2v) is 8.13. The van der Waals surface area contributed by atoms with Crippen molar-refractivity contribution in [3.05, 3.63) is 61.8 Å². The highest BCUT2D eigenvalue weighted by molar-refractivity contribution is 7.14. The largest absolute Gasteiger partial charge is 0.450 e. The van der Waals surface area contributed by atoms with E-state index in [0.717, 1.165) is 12.8 Å². The molecule has 1 atom stereocenters. The zero-order valence-electron chi connectivity index (χ0n) is 15.3. The SMILES string of the molecule is C[C@H](OC(=O)c1cc2c(s1)CCCCCC2)c1nc2ccccc2c(=O)[nH]1. The quantitative estimate of drug-likeness (QED) is 0.674. The van der Waals surface area contributed by atoms with Crippen LogP contribution in [0.15, 0.2) is 35.1 Å². The Hall–Kier alpha value is -2.47. The van der Waals surface area contributed by atoms with Crippen molar-refractivity contribution in [2.45, 2.75) is 51.6 Å². The van der Waals surface area contributed by atoms with Crippen LogP contribution in [-0.4, -0.2) is 15.9 Å². The third kappa shape index (κ3) is 3.81. The number of fused-ring (bicyclic) bond motifs is 2. The third-order valence-corrected chi connectivity index (χ3v) is 6.21. The smallest absolute Gasteiger partial charge is 0.349 e. The summed E-state index contributed by atoms with van der Waals surface area (Å²) in [5.74, 6) is 0.0111. The number of aromatic amines is 1. The molecule has 0 spiro atoms. The molecule has 0 saturated heterocycles. The fourth-order valence-electron chi connectivity index (χ4n) is 3.52. The molecule has 0 aliphatic heterocycles. The Kier molecular flexibility index (Phi) is 5.07. The van der Waals surface area contributed by atoms with E-state index in [-0.39, 0.29) is 11.5 Å². The number of ether oxygens (including phenoxy) is 1. The van der Waals surface area contributed by atoms with Crippen LogP contribution >= 0.6 is 11.3 Å². The molecule has 6 heteroatoms. The van der Waals surface area contributed by atoms with E-state index in [1.54, 1.807) is 36.5 Å². The number of rotatable bonds is 3. The summed E-state index contributed by atoms with van der Waals surface area (Å²) < 4.78 is 5.61. The lowest BCUT2D eigenvalue weighted by molar-refractivity contribution is 0.0326. The van der Waals surface area contributed by atoms with Gasteiger partial charge >= 0.3 is 5.97 Å². The van der Waals surface area contributed by atoms with Crippen LogP contribution in [0.4, 0.5) is 0 Å². The molecule has 0 fully saturated rings. The van der Waals surface area contributed by atoms with Crippen LogP contribution in [0.25, 0.3) is 10.9 Å². The number of carbonyl (C=O) groups excluding carboxylic acids is 1. The highest BCUT2D eigenvalue weighted by Crippen LogP contribution is 2.30. The summed E-state index contributed by atoms with van der Waals surface area (Å²) in [5.41, 5.74) is 1.66. The zero-order valence-corrected chi connectivity index (χ0v) is 16.1. The lowest BCUT2D eigenvalue weighted by atomic mass is 10.00. The number of nitrogens with one attached hydrogen (secondary N) is 1. The van der Waals surface area contributed by atoms with Crippen molar-refractivity contribution in [2.24, 2.45) is 0 Å². The maximum atomic E-state index is 12.6. The molecular formula is C21H22N2O3S. The first-order valence-electron chi connectivity index (χ1n) is 9.43. The number of esters is 1. The minimum atomic E-state index is -0.625. The number of aromatic nitrogens is 2. The summed E-state index contributed by atoms with van der Waals surface area (Å²) >= 11 is 1.54. The third-order valence-electron chi connectivity index (χ3n) is 5.00. The Bertz CT molecular complexity index is 1010. The van der Waals surface area contributed by atoms with Gasteiger partial charge in [-0.05, 0) is 56.4 Å². The molecule has 1 aliphatic rings. The van der Waals surface area contributed by atoms with E-state index in [4.69, 9.17) is 4.74 Å². The number of carbonyl (C=O) groups is 1. The molecule has 2 heterocycles. The summed E-state index contributed by atoms with van der Waals surface area (Å²) in [6, 6.07) is 9.11. The summed E-state index contributed by atoms with van der Waals surface area (Å²) in [6.45, 7) is 1.73. The predicted molar refractivity (Wildman–Crippen MR) is 106 cm³/mol. The number of para-hydroxylation sites is 1. The van der Waals surface area contributed by atoms with Crippen LogP contribution in [-0.2, 0) is 17.6 Å². The average Bonchev–Trinajstić information content (AvgIpc) is 3.04. The van der Waals surface area contributed by atoms with E-state index >= 15 is 0 Å². The maximum absolute atomic E-state index is 12.6. The molecule has 2 aromatic heterocycles. The Morgan fingerprint density at radius 1 is 1.19 bits per heavy atom. The lowest BCUT2D eigenvalue weighted by Gasteiger charge is -2.12. The average molecular weight is 382 g/mol. The first-order valence-corrected chi connectivity index (χ1v) is 10.2. The summed E-state index contributed by atoms with van der Waals surface area (Å²) in [4.78, 5) is 34.0. The Morgan fingerprint density at radius 2 is 1.96 bits per heavy atom. The molecule has 4 rings (SSSR count). The number of aryl methyl sites for hydroxylation is 2. The van der Waals surface area contributed by atoms with E-state index < -0.39 is 6.10 Å². The number of H-pyrrole nitrogens is 1. The van der Waals surface area contributed by atoms with Gasteiger partial charge in [0.1, 0.15) is 4.88 Å². The standard InChI is InChI=1S/C21H22N2O3S/c1-13(19-22-16-10-7-6-9-15(16)20(24)23-19)26-21(25)18-12-14-8-4-2-3-5-11-17(14)27-18/h6-7,9-10,12-13H,2-5,8,11H2,1H3,(H,22,23,24)/t13-/m0/s1. The molecule has 0 bridgehead atoms. The van der Waals surface area contributed by atoms with Crippen molar-refractivity contribution in [2.75, 3.05) is 0 Å². The van der Waals surface area contributed by atoms with Crippen molar-refractivity contribution < 1.29 is 9.53 Å². The van der Waals surface area contributed by atoms with Gasteiger partial charge in [-0.3, -0.25) is 4.79 Å². The van der Waals surface area contributed by atoms with E-state index in [1.807, 2.05) is 12.1 Å². The molecule has 140 valence electrons. The maximum Gasteiger partial charge on any atom is 0.349 e. The minimum Gasteiger partial charge on any atom is -0.450 e. The topological polar surface area (TPSA) is 72.0 Å². The number of nitrogens with zero attached hydrogens (tertiary/aromatic N) is 1. The number of thiophene rings is 1. The van der Waals surface area contributed by atoms with Crippen LogP contribution < -0.4 is 5.56 Å². The normalized spacial score (nSPS) is 15.6. The van der Waals surface area contributed by atoms with Gasteiger partial charge in [0, 0.05) is 4.88 Å². The zero-order chi connectivity index (χ0) is 18.8. The molecule has 0 saturated carbocycles. The molecule has 27 heavy (non-hydrogen) atoms. The second kappa shape index (κ2) is 7.64. The summed E-state index contributed by atoms with van der Waals surface area (Å²) in [5, 5.41) is 0.526. The monoisotopic (exact) mass is 382 g/mol. The first kappa shape index (κ1) is 17.9. The Morgan fingerprint density at radius 3 is 2.81 bits per heavy atom. The predicted octanol–water partition coefficient (Wildman–Crippen LogP) is 4.56. The van der Waals surface area contributed by atoms with E-state index in [1.165, 1.54) is 36.1 Å². The fourth-order valence-corrected chi connectivity index (χ4v) is 4.65. The number of hydrogen-bond acceptors (Lipinski definition) is 5. The highest BCUT2D eigenvalue weighted by atomic mass is 32.1. The molecular weight excluding hydrogens is 360 g/mol. The number of hydrogen-bond donors (Lipinski definition) is 1. The number of benzene rings is 1. The van der Waals surface area contributed by atoms with Crippen molar-refractivity contribution in [3.8, 4) is 0 Å². The van der Waals surface area contributed by atoms with Gasteiger partial charge in [-0.25, -0.2) is 9.78 Å². The van der Waals surface area contributed by atoms with Gasteiger partial charge in [0.05, 0.1) is 10.9 Å².